The van der Waals surface area contributed by atoms with Crippen molar-refractivity contribution in [1.82, 2.24) is 0 Å². The van der Waals surface area contributed by atoms with E-state index in [4.69, 9.17) is 11.6 Å². The van der Waals surface area contributed by atoms with Gasteiger partial charge in [0.25, 0.3) is 5.69 Å². The van der Waals surface area contributed by atoms with Crippen LogP contribution in [0.5, 0.6) is 0 Å². The minimum Gasteiger partial charge on any atom is -0.378 e. The first kappa shape index (κ1) is 19.5. The number of Topliss-reactive ketones (excluding diaryl/α,β-unsaturated/α-hetero) is 1. The van der Waals surface area contributed by atoms with Crippen molar-refractivity contribution in [2.75, 3.05) is 5.32 Å². The normalized spacial score (nSPS) is 11.6. The Kier molecular flexibility index (Phi) is 6.01. The summed E-state index contributed by atoms with van der Waals surface area (Å²) in [6, 6.07) is 18.6. The predicted octanol–water partition coefficient (Wildman–Crippen LogP) is 5.81. The number of benzene rings is 3. The van der Waals surface area contributed by atoms with Gasteiger partial charge in [-0.2, -0.15) is 0 Å². The van der Waals surface area contributed by atoms with Gasteiger partial charge in [-0.3, -0.25) is 14.9 Å². The molecule has 7 heteroatoms. The van der Waals surface area contributed by atoms with Crippen molar-refractivity contribution in [3.63, 3.8) is 0 Å². The zero-order valence-electron chi connectivity index (χ0n) is 14.6. The van der Waals surface area contributed by atoms with Crippen molar-refractivity contribution in [2.24, 2.45) is 0 Å². The van der Waals surface area contributed by atoms with Crippen LogP contribution in [-0.4, -0.2) is 10.7 Å². The van der Waals surface area contributed by atoms with Crippen LogP contribution in [0.1, 0.15) is 28.4 Å². The second kappa shape index (κ2) is 8.63. The van der Waals surface area contributed by atoms with Gasteiger partial charge in [0.15, 0.2) is 5.78 Å². The zero-order chi connectivity index (χ0) is 20.1. The van der Waals surface area contributed by atoms with Crippen molar-refractivity contribution in [1.29, 1.82) is 0 Å². The van der Waals surface area contributed by atoms with E-state index in [1.54, 1.807) is 6.07 Å². The molecule has 1 atom stereocenters. The van der Waals surface area contributed by atoms with Gasteiger partial charge in [-0.05, 0) is 42.0 Å². The molecule has 5 nitrogen and oxygen atoms in total. The average molecular weight is 399 g/mol. The molecular weight excluding hydrogens is 383 g/mol. The number of ketones is 1. The average Bonchev–Trinajstić information content (AvgIpc) is 2.69. The molecule has 0 amide bonds. The molecule has 1 N–H and O–H groups in total. The van der Waals surface area contributed by atoms with Crippen molar-refractivity contribution in [3.8, 4) is 0 Å². The molecule has 0 saturated heterocycles. The van der Waals surface area contributed by atoms with Crippen LogP contribution in [0.2, 0.25) is 5.02 Å². The van der Waals surface area contributed by atoms with E-state index < -0.39 is 16.8 Å². The summed E-state index contributed by atoms with van der Waals surface area (Å²) in [4.78, 5) is 23.2. The van der Waals surface area contributed by atoms with E-state index >= 15 is 0 Å². The Bertz CT molecular complexity index is 994. The maximum atomic E-state index is 13.1. The molecule has 0 spiro atoms. The van der Waals surface area contributed by atoms with Gasteiger partial charge >= 0.3 is 0 Å². The molecule has 28 heavy (non-hydrogen) atoms. The number of nitro groups is 1. The number of rotatable bonds is 7. The summed E-state index contributed by atoms with van der Waals surface area (Å²) in [5.41, 5.74) is 1.49. The van der Waals surface area contributed by atoms with Crippen LogP contribution < -0.4 is 5.32 Å². The first-order valence-electron chi connectivity index (χ1n) is 8.48. The van der Waals surface area contributed by atoms with Crippen LogP contribution in [-0.2, 0) is 0 Å². The highest BCUT2D eigenvalue weighted by atomic mass is 35.5. The zero-order valence-corrected chi connectivity index (χ0v) is 15.4. The Balaban J connectivity index is 1.88. The Labute approximate surface area is 165 Å². The van der Waals surface area contributed by atoms with Crippen LogP contribution in [0.4, 0.5) is 15.8 Å². The van der Waals surface area contributed by atoms with E-state index in [1.807, 2.05) is 30.3 Å². The summed E-state index contributed by atoms with van der Waals surface area (Å²) >= 11 is 5.87. The maximum Gasteiger partial charge on any atom is 0.289 e. The van der Waals surface area contributed by atoms with Gasteiger partial charge in [-0.1, -0.05) is 41.9 Å². The second-order valence-corrected chi connectivity index (χ2v) is 6.57. The Morgan fingerprint density at radius 3 is 2.39 bits per heavy atom. The molecule has 142 valence electrons. The number of nitrogens with one attached hydrogen (secondary N) is 1. The van der Waals surface area contributed by atoms with Gasteiger partial charge in [0, 0.05) is 23.7 Å². The Morgan fingerprint density at radius 1 is 1.07 bits per heavy atom. The lowest BCUT2D eigenvalue weighted by Gasteiger charge is -2.20. The van der Waals surface area contributed by atoms with Crippen LogP contribution in [0, 0.1) is 15.9 Å². The van der Waals surface area contributed by atoms with Crippen LogP contribution >= 0.6 is 11.6 Å². The van der Waals surface area contributed by atoms with Crippen molar-refractivity contribution in [3.05, 3.63) is 105 Å². The molecule has 0 heterocycles. The lowest BCUT2D eigenvalue weighted by molar-refractivity contribution is -0.384. The SMILES string of the molecule is O=C(CC(Nc1ccc(Cl)c([N+](=O)[O-])c1)c1ccccc1)c1ccc(F)cc1. The second-order valence-electron chi connectivity index (χ2n) is 6.17. The number of nitro benzene ring substituents is 1. The largest absolute Gasteiger partial charge is 0.378 e. The summed E-state index contributed by atoms with van der Waals surface area (Å²) in [5, 5.41) is 14.3. The van der Waals surface area contributed by atoms with E-state index in [0.717, 1.165) is 5.56 Å². The topological polar surface area (TPSA) is 72.2 Å². The molecule has 0 saturated carbocycles. The molecule has 0 aliphatic carbocycles. The van der Waals surface area contributed by atoms with Crippen LogP contribution in [0.25, 0.3) is 0 Å². The van der Waals surface area contributed by atoms with Crippen LogP contribution in [0.15, 0.2) is 72.8 Å². The highest BCUT2D eigenvalue weighted by Gasteiger charge is 2.19. The smallest absolute Gasteiger partial charge is 0.289 e. The number of nitrogens with zero attached hydrogens (tertiary/aromatic N) is 1. The molecule has 0 aliphatic rings. The van der Waals surface area contributed by atoms with Gasteiger partial charge in [0.2, 0.25) is 0 Å². The number of hydrogen-bond donors (Lipinski definition) is 1. The third-order valence-electron chi connectivity index (χ3n) is 4.24. The molecule has 0 aliphatic heterocycles. The number of carbonyl (C=O) groups excluding carboxylic acids is 1. The van der Waals surface area contributed by atoms with E-state index in [-0.39, 0.29) is 22.9 Å². The van der Waals surface area contributed by atoms with Gasteiger partial charge in [0.1, 0.15) is 10.8 Å². The van der Waals surface area contributed by atoms with Crippen molar-refractivity contribution < 1.29 is 14.1 Å². The molecule has 3 aromatic carbocycles. The van der Waals surface area contributed by atoms with Gasteiger partial charge in [-0.15, -0.1) is 0 Å². The first-order valence-corrected chi connectivity index (χ1v) is 8.86. The first-order chi connectivity index (χ1) is 13.4. The fourth-order valence-corrected chi connectivity index (χ4v) is 3.01. The fourth-order valence-electron chi connectivity index (χ4n) is 2.82. The number of anilines is 1. The number of hydrogen-bond acceptors (Lipinski definition) is 4. The molecule has 0 bridgehead atoms. The van der Waals surface area contributed by atoms with Gasteiger partial charge in [-0.25, -0.2) is 4.39 Å². The van der Waals surface area contributed by atoms with Crippen molar-refractivity contribution in [2.45, 2.75) is 12.5 Å². The highest BCUT2D eigenvalue weighted by molar-refractivity contribution is 6.32. The van der Waals surface area contributed by atoms with Crippen LogP contribution in [0.3, 0.4) is 0 Å². The molecule has 3 rings (SSSR count). The van der Waals surface area contributed by atoms with Gasteiger partial charge < -0.3 is 5.32 Å². The molecule has 0 fully saturated rings. The van der Waals surface area contributed by atoms with E-state index in [2.05, 4.69) is 5.32 Å². The summed E-state index contributed by atoms with van der Waals surface area (Å²) in [5.74, 6) is -0.590. The molecule has 0 radical (unpaired) electrons. The third-order valence-corrected chi connectivity index (χ3v) is 4.56. The third kappa shape index (κ3) is 4.72. The fraction of sp³-hybridized carbons (Fsp3) is 0.0952. The molecular formula is C21H16ClFN2O3. The number of carbonyl (C=O) groups is 1. The van der Waals surface area contributed by atoms with E-state index in [9.17, 15) is 19.3 Å². The Hall–Kier alpha value is -3.25. The predicted molar refractivity (Wildman–Crippen MR) is 106 cm³/mol. The lowest BCUT2D eigenvalue weighted by atomic mass is 9.97. The highest BCUT2D eigenvalue weighted by Crippen LogP contribution is 2.30. The molecule has 1 unspecified atom stereocenters. The standard InChI is InChI=1S/C21H16ClFN2O3/c22-18-11-10-17(12-20(18)25(27)28)24-19(14-4-2-1-3-5-14)13-21(26)15-6-8-16(23)9-7-15/h1-12,19,24H,13H2. The Morgan fingerprint density at radius 2 is 1.75 bits per heavy atom. The summed E-state index contributed by atoms with van der Waals surface area (Å²) in [6.45, 7) is 0. The minimum atomic E-state index is -0.561. The maximum absolute atomic E-state index is 13.1. The summed E-state index contributed by atoms with van der Waals surface area (Å²) < 4.78 is 13.1. The molecule has 3 aromatic rings. The quantitative estimate of drug-likeness (QED) is 0.309. The molecule has 0 aromatic heterocycles. The van der Waals surface area contributed by atoms with E-state index in [1.165, 1.54) is 36.4 Å². The summed E-state index contributed by atoms with van der Waals surface area (Å²) in [7, 11) is 0. The van der Waals surface area contributed by atoms with E-state index in [0.29, 0.717) is 11.3 Å². The minimum absolute atomic E-state index is 0.0363. The summed E-state index contributed by atoms with van der Waals surface area (Å²) in [6.07, 6.45) is 0.0894. The monoisotopic (exact) mass is 398 g/mol. The van der Waals surface area contributed by atoms with Gasteiger partial charge in [0.05, 0.1) is 11.0 Å². The number of halogens is 2. The van der Waals surface area contributed by atoms with Crippen molar-refractivity contribution >= 4 is 28.8 Å². The lowest BCUT2D eigenvalue weighted by Crippen LogP contribution is -2.16.